The number of halogens is 3. The Hall–Kier alpha value is -8.68. The maximum atomic E-state index is 16.8. The first kappa shape index (κ1) is 71.2. The predicted octanol–water partition coefficient (Wildman–Crippen LogP) is 6.52. The van der Waals surface area contributed by atoms with Crippen molar-refractivity contribution in [1.82, 2.24) is 59.9 Å². The summed E-state index contributed by atoms with van der Waals surface area (Å²) in [6.07, 6.45) is -14.0. The van der Waals surface area contributed by atoms with E-state index in [-0.39, 0.29) is 84.6 Å². The lowest BCUT2D eigenvalue weighted by atomic mass is 9.98. The number of imidazole rings is 2. The van der Waals surface area contributed by atoms with Crippen LogP contribution in [0.15, 0.2) is 98.1 Å². The molecule has 7 aromatic rings. The number of hydrogen-bond acceptors (Lipinski definition) is 24. The molecule has 0 spiro atoms. The van der Waals surface area contributed by atoms with E-state index in [4.69, 9.17) is 65.1 Å². The topological polar surface area (TPSA) is 425 Å². The number of primary amides is 1. The fourth-order valence-electron chi connectivity index (χ4n) is 12.3. The number of nitrogens with two attached hydrogens (primary N) is 2. The Bertz CT molecular complexity index is 4280. The average molecular weight is 1470 g/mol. The minimum atomic E-state index is -4.58. The summed E-state index contributed by atoms with van der Waals surface area (Å²) in [5, 5.41) is 13.0. The molecule has 0 bridgehead atoms. The number of alkyl halides is 3. The molecule has 100 heavy (non-hydrogen) atoms. The largest absolute Gasteiger partial charge is 0.449 e. The number of nitrogen functional groups attached to an aromatic ring is 1. The number of ether oxygens (including phenoxy) is 5. The summed E-state index contributed by atoms with van der Waals surface area (Å²) in [6, 6.07) is 17.8. The summed E-state index contributed by atoms with van der Waals surface area (Å²) in [4.78, 5) is 116. The number of carbonyl (C=O) groups excluding carboxylic acids is 6. The van der Waals surface area contributed by atoms with Gasteiger partial charge in [0.15, 0.2) is 53.2 Å². The zero-order valence-corrected chi connectivity index (χ0v) is 56.4. The second-order valence-corrected chi connectivity index (χ2v) is 29.8. The minimum absolute atomic E-state index is 0.00238. The van der Waals surface area contributed by atoms with Crippen LogP contribution in [0, 0.1) is 5.92 Å². The van der Waals surface area contributed by atoms with Crippen LogP contribution >= 0.6 is 25.8 Å². The van der Waals surface area contributed by atoms with E-state index in [1.807, 2.05) is 48.5 Å². The number of amides is 7. The van der Waals surface area contributed by atoms with Crippen molar-refractivity contribution in [3.8, 4) is 11.1 Å². The van der Waals surface area contributed by atoms with E-state index >= 15 is 13.2 Å². The van der Waals surface area contributed by atoms with Gasteiger partial charge >= 0.3 is 37.8 Å². The van der Waals surface area contributed by atoms with Gasteiger partial charge in [0.05, 0.1) is 38.5 Å². The zero-order valence-electron chi connectivity index (χ0n) is 52.9. The second kappa shape index (κ2) is 30.3. The molecule has 4 aromatic heterocycles. The number of benzene rings is 3. The highest BCUT2D eigenvalue weighted by molar-refractivity contribution is 8.44. The normalized spacial score (nSPS) is 26.4. The van der Waals surface area contributed by atoms with Gasteiger partial charge in [0.25, 0.3) is 0 Å². The number of rotatable bonds is 19. The Balaban J connectivity index is 0.621. The molecule has 4 fully saturated rings. The van der Waals surface area contributed by atoms with E-state index in [0.717, 1.165) is 50.7 Å². The molecule has 33 nitrogen and oxygen atoms in total. The summed E-state index contributed by atoms with van der Waals surface area (Å²) < 4.78 is 115. The van der Waals surface area contributed by atoms with Crippen molar-refractivity contribution in [2.24, 2.45) is 11.7 Å². The van der Waals surface area contributed by atoms with Gasteiger partial charge in [0.2, 0.25) is 11.8 Å². The van der Waals surface area contributed by atoms with E-state index in [0.29, 0.717) is 5.56 Å². The van der Waals surface area contributed by atoms with Gasteiger partial charge in [-0.2, -0.15) is 0 Å². The molecule has 4 aliphatic heterocycles. The molecule has 0 radical (unpaired) electrons. The van der Waals surface area contributed by atoms with Crippen molar-refractivity contribution in [2.45, 2.75) is 119 Å². The number of aromatic nitrogens is 8. The van der Waals surface area contributed by atoms with Gasteiger partial charge in [-0.15, -0.1) is 0 Å². The van der Waals surface area contributed by atoms with E-state index in [1.54, 1.807) is 26.0 Å². The summed E-state index contributed by atoms with van der Waals surface area (Å²) in [5.41, 5.74) is 16.0. The third-order valence-corrected chi connectivity index (χ3v) is 20.3. The molecule has 1 aliphatic carbocycles. The van der Waals surface area contributed by atoms with Crippen molar-refractivity contribution in [3.63, 3.8) is 0 Å². The molecule has 8 heterocycles. The van der Waals surface area contributed by atoms with Crippen molar-refractivity contribution < 1.29 is 93.2 Å². The van der Waals surface area contributed by atoms with Gasteiger partial charge in [0, 0.05) is 24.6 Å². The highest BCUT2D eigenvalue weighted by atomic mass is 32.7. The van der Waals surface area contributed by atoms with Crippen LogP contribution in [0.5, 0.6) is 0 Å². The van der Waals surface area contributed by atoms with E-state index in [2.05, 4.69) is 68.7 Å². The summed E-state index contributed by atoms with van der Waals surface area (Å²) in [6.45, 7) is -8.23. The summed E-state index contributed by atoms with van der Waals surface area (Å²) in [7, 11) is 0. The standard InChI is InChI=1S/C60H67F3N16O17P2S2/c1-29(2)44(75-58(83)89-22-38-36-10-5-3-8-34(36)35-9-4-6-11-37(35)38)54(81)74-39(12-7-17-66-57(65)82)53(80)73-32-15-13-30(14-16-32)20-90-60(85)77-19-31(61)18-33(77)21-88-59(84)76-50-46-52(70-26-68-50)79(28-72-46)56-43(63)48-41(94-56)24-92-97(86,99)95-47-40(23-91-98(87,100)96-48)93-55(42(47)62)78-27-71-45-49(64)67-25-69-51(45)78/h3-6,8-11,13-16,25-29,31,33,38-44,47-48,55-56H,7,12,17-24H2,1-2H3,(H,73,80)(H,74,81)(H,75,83)(H,86,99)(H,87,100)(H2,64,67,69)(H3,65,66,82)(H,68,70,76,84)/t31-,33-,39-,40+,41+,42+,43+,44-,47+,48+,55+,56+,97?,98?/m0/s1. The number of carbonyl (C=O) groups is 6. The maximum absolute atomic E-state index is 16.8. The van der Waals surface area contributed by atoms with Crippen LogP contribution in [0.1, 0.15) is 68.2 Å². The quantitative estimate of drug-likeness (QED) is 0.0180. The molecule has 40 heteroatoms. The van der Waals surface area contributed by atoms with Crippen LogP contribution in [0.3, 0.4) is 0 Å². The predicted molar refractivity (Wildman–Crippen MR) is 353 cm³/mol. The second-order valence-electron chi connectivity index (χ2n) is 24.1. The van der Waals surface area contributed by atoms with Gasteiger partial charge in [-0.25, -0.2) is 66.8 Å². The number of nitrogens with one attached hydrogen (secondary N) is 5. The lowest BCUT2D eigenvalue weighted by molar-refractivity contribution is -0.128. The number of likely N-dealkylation sites (tertiary alicyclic amines) is 1. The van der Waals surface area contributed by atoms with Crippen molar-refractivity contribution in [2.75, 3.05) is 55.9 Å². The number of hydrogen-bond donors (Lipinski definition) is 9. The van der Waals surface area contributed by atoms with Crippen LogP contribution in [-0.4, -0.2) is 186 Å². The summed E-state index contributed by atoms with van der Waals surface area (Å²) >= 11 is 9.32. The molecule has 14 atom stereocenters. The van der Waals surface area contributed by atoms with Crippen LogP contribution in [-0.2, 0) is 74.3 Å². The number of nitrogens with zero attached hydrogens (tertiary/aromatic N) is 9. The van der Waals surface area contributed by atoms with E-state index in [1.165, 1.54) is 23.0 Å². The fraction of sp³-hybridized carbons (Fsp3) is 0.433. The highest BCUT2D eigenvalue weighted by Gasteiger charge is 2.54. The number of alkyl carbamates (subject to hydrolysis) is 1. The van der Waals surface area contributed by atoms with E-state index < -0.39 is 155 Å². The molecular formula is C60H67F3N16O17P2S2. The molecule has 12 rings (SSSR count). The van der Waals surface area contributed by atoms with Gasteiger partial charge in [0.1, 0.15) is 80.7 Å². The lowest BCUT2D eigenvalue weighted by Crippen LogP contribution is -2.54. The minimum Gasteiger partial charge on any atom is -0.449 e. The monoisotopic (exact) mass is 1470 g/mol. The van der Waals surface area contributed by atoms with Crippen LogP contribution in [0.4, 0.5) is 49.7 Å². The Labute approximate surface area is 576 Å². The molecule has 532 valence electrons. The first-order valence-corrected chi connectivity index (χ1v) is 36.5. The first-order chi connectivity index (χ1) is 47.9. The molecule has 5 aliphatic rings. The number of urea groups is 1. The number of thiol groups is 1. The van der Waals surface area contributed by atoms with Gasteiger partial charge in [-0.3, -0.25) is 42.5 Å². The molecule has 2 unspecified atom stereocenters. The Morgan fingerprint density at radius 2 is 1.36 bits per heavy atom. The Morgan fingerprint density at radius 3 is 2.02 bits per heavy atom. The van der Waals surface area contributed by atoms with E-state index in [9.17, 15) is 38.2 Å². The molecule has 7 amide bonds. The van der Waals surface area contributed by atoms with Gasteiger partial charge in [-0.05, 0) is 70.5 Å². The van der Waals surface area contributed by atoms with Crippen LogP contribution < -0.4 is 38.1 Å². The fourth-order valence-corrected chi connectivity index (χ4v) is 15.2. The third kappa shape index (κ3) is 15.9. The van der Waals surface area contributed by atoms with Crippen LogP contribution in [0.25, 0.3) is 33.5 Å². The van der Waals surface area contributed by atoms with Gasteiger partial charge < -0.3 is 65.8 Å². The molecule has 0 saturated carbocycles. The zero-order chi connectivity index (χ0) is 70.7. The molecule has 3 aromatic carbocycles. The molecular weight excluding hydrogens is 1400 g/mol. The molecule has 10 N–H and O–H groups in total. The third-order valence-electron chi connectivity index (χ3n) is 17.1. The van der Waals surface area contributed by atoms with Crippen molar-refractivity contribution in [3.05, 3.63) is 115 Å². The SMILES string of the molecule is CC(C)[C@H](NC(=O)OCC1c2ccccc2-c2ccccc21)C(=O)N[C@@H](CCCNC(N)=O)C(=O)Nc1ccc(COC(=O)N2C[C@@H](F)C[C@H]2COC(=O)Nc2ncnc3c2ncn3[C@@H]2O[C@@H]3COP(=O)(S)O[C@H]4[C@@H](F)[C@H](n5cnc6c(N)ncnc65)O[C@@H]4COP(O)(=S)O[C@H]3[C@H]2F)cc1. The Kier molecular flexibility index (Phi) is 21.5. The smallest absolute Gasteiger partial charge is 0.412 e. The maximum Gasteiger partial charge on any atom is 0.412 e. The highest BCUT2D eigenvalue weighted by Crippen LogP contribution is 2.59. The summed E-state index contributed by atoms with van der Waals surface area (Å²) in [5.74, 6) is -2.21. The average Bonchev–Trinajstić information content (AvgIpc) is 1.61. The number of fused-ring (bicyclic) bond motifs is 7. The van der Waals surface area contributed by atoms with Crippen LogP contribution in [0.2, 0.25) is 0 Å². The first-order valence-electron chi connectivity index (χ1n) is 31.3. The number of anilines is 3. The lowest BCUT2D eigenvalue weighted by Gasteiger charge is -2.29. The van der Waals surface area contributed by atoms with Gasteiger partial charge in [-0.1, -0.05) is 86.8 Å². The Morgan fingerprint density at radius 1 is 0.750 bits per heavy atom. The molecule has 4 saturated heterocycles. The van der Waals surface area contributed by atoms with Crippen molar-refractivity contribution >= 4 is 113 Å². The van der Waals surface area contributed by atoms with Crippen molar-refractivity contribution in [1.29, 1.82) is 0 Å².